The minimum atomic E-state index is -0.649. The number of nitrogen functional groups attached to an aromatic ring is 1. The number of hydrogen-bond acceptors (Lipinski definition) is 5. The second kappa shape index (κ2) is 1.94. The Kier molecular flexibility index (Phi) is 1.25. The van der Waals surface area contributed by atoms with Gasteiger partial charge in [0.25, 0.3) is 0 Å². The molecule has 0 aromatic carbocycles. The molecule has 1 rings (SSSR count). The first-order valence-electron chi connectivity index (χ1n) is 2.42. The van der Waals surface area contributed by atoms with Gasteiger partial charge in [-0.05, 0) is 9.91 Å². The molecule has 0 fully saturated rings. The van der Waals surface area contributed by atoms with Crippen molar-refractivity contribution in [1.29, 1.82) is 0 Å². The molecule has 0 saturated carbocycles. The van der Waals surface area contributed by atoms with Crippen LogP contribution in [-0.4, -0.2) is 19.7 Å². The maximum atomic E-state index is 10.1. The molecule has 0 aliphatic heterocycles. The Bertz CT molecular complexity index is 266. The SMILES string of the molecule is Cn1nc(N)nc1[N+](=O)[O-]. The van der Waals surface area contributed by atoms with Gasteiger partial charge in [0.05, 0.1) is 7.05 Å². The van der Waals surface area contributed by atoms with E-state index in [1.54, 1.807) is 0 Å². The molecule has 0 aliphatic carbocycles. The lowest BCUT2D eigenvalue weighted by atomic mass is 11.0. The lowest BCUT2D eigenvalue weighted by Crippen LogP contribution is -1.98. The highest BCUT2D eigenvalue weighted by Crippen LogP contribution is 2.05. The molecule has 1 aromatic rings. The summed E-state index contributed by atoms with van der Waals surface area (Å²) in [5.41, 5.74) is 5.07. The highest BCUT2D eigenvalue weighted by Gasteiger charge is 2.15. The lowest BCUT2D eigenvalue weighted by molar-refractivity contribution is -0.396. The van der Waals surface area contributed by atoms with E-state index in [4.69, 9.17) is 5.73 Å². The fourth-order valence-electron chi connectivity index (χ4n) is 0.555. The number of anilines is 1. The minimum Gasteiger partial charge on any atom is -0.390 e. The molecule has 10 heavy (non-hydrogen) atoms. The molecule has 7 heteroatoms. The normalized spacial score (nSPS) is 9.70. The van der Waals surface area contributed by atoms with Crippen LogP contribution in [0.15, 0.2) is 0 Å². The smallest absolute Gasteiger partial charge is 0.390 e. The molecule has 54 valence electrons. The van der Waals surface area contributed by atoms with Crippen LogP contribution in [0.5, 0.6) is 0 Å². The molecule has 0 spiro atoms. The highest BCUT2D eigenvalue weighted by molar-refractivity contribution is 5.19. The topological polar surface area (TPSA) is 99.9 Å². The zero-order chi connectivity index (χ0) is 7.72. The quantitative estimate of drug-likeness (QED) is 0.414. The summed E-state index contributed by atoms with van der Waals surface area (Å²) in [5, 5.41) is 13.5. The Morgan fingerprint density at radius 3 is 2.60 bits per heavy atom. The summed E-state index contributed by atoms with van der Waals surface area (Å²) in [6, 6.07) is 0. The van der Waals surface area contributed by atoms with Crippen LogP contribution in [0.1, 0.15) is 0 Å². The van der Waals surface area contributed by atoms with Crippen molar-refractivity contribution < 1.29 is 4.92 Å². The maximum absolute atomic E-state index is 10.1. The summed E-state index contributed by atoms with van der Waals surface area (Å²) in [6.07, 6.45) is 0. The molecule has 7 nitrogen and oxygen atoms in total. The van der Waals surface area contributed by atoms with Crippen molar-refractivity contribution in [2.45, 2.75) is 0 Å². The monoisotopic (exact) mass is 143 g/mol. The van der Waals surface area contributed by atoms with Crippen LogP contribution in [0.3, 0.4) is 0 Å². The van der Waals surface area contributed by atoms with E-state index >= 15 is 0 Å². The fraction of sp³-hybridized carbons (Fsp3) is 0.333. The van der Waals surface area contributed by atoms with Crippen molar-refractivity contribution in [3.8, 4) is 0 Å². The van der Waals surface area contributed by atoms with Gasteiger partial charge in [0.1, 0.15) is 0 Å². The average molecular weight is 143 g/mol. The zero-order valence-electron chi connectivity index (χ0n) is 5.18. The van der Waals surface area contributed by atoms with E-state index in [9.17, 15) is 10.1 Å². The van der Waals surface area contributed by atoms with Gasteiger partial charge in [-0.25, -0.2) is 0 Å². The molecule has 2 N–H and O–H groups in total. The van der Waals surface area contributed by atoms with Crippen LogP contribution >= 0.6 is 0 Å². The summed E-state index contributed by atoms with van der Waals surface area (Å²) in [4.78, 5) is 12.8. The first-order chi connectivity index (χ1) is 4.61. The Morgan fingerprint density at radius 2 is 2.40 bits per heavy atom. The molecule has 1 heterocycles. The van der Waals surface area contributed by atoms with Gasteiger partial charge in [0, 0.05) is 0 Å². The van der Waals surface area contributed by atoms with Crippen molar-refractivity contribution >= 4 is 11.9 Å². The number of nitrogens with zero attached hydrogens (tertiary/aromatic N) is 4. The van der Waals surface area contributed by atoms with Crippen LogP contribution in [0.4, 0.5) is 11.9 Å². The highest BCUT2D eigenvalue weighted by atomic mass is 16.6. The molecule has 0 unspecified atom stereocenters. The molecule has 0 radical (unpaired) electrons. The van der Waals surface area contributed by atoms with E-state index in [1.807, 2.05) is 0 Å². The molecule has 1 aromatic heterocycles. The third kappa shape index (κ3) is 0.879. The van der Waals surface area contributed by atoms with Crippen molar-refractivity contribution in [1.82, 2.24) is 14.8 Å². The van der Waals surface area contributed by atoms with Crippen LogP contribution in [0.2, 0.25) is 0 Å². The number of hydrogen-bond donors (Lipinski definition) is 1. The van der Waals surface area contributed by atoms with Gasteiger partial charge in [-0.3, -0.25) is 0 Å². The third-order valence-corrected chi connectivity index (χ3v) is 0.920. The predicted octanol–water partition coefficient (Wildman–Crippen LogP) is -0.694. The van der Waals surface area contributed by atoms with E-state index in [0.29, 0.717) is 0 Å². The standard InChI is InChI=1S/C3H5N5O2/c1-7-3(8(9)10)5-2(4)6-7/h1H3,(H2,4,6). The van der Waals surface area contributed by atoms with E-state index in [2.05, 4.69) is 10.1 Å². The summed E-state index contributed by atoms with van der Waals surface area (Å²) >= 11 is 0. The van der Waals surface area contributed by atoms with E-state index < -0.39 is 4.92 Å². The van der Waals surface area contributed by atoms with Gasteiger partial charge in [-0.1, -0.05) is 5.10 Å². The Morgan fingerprint density at radius 1 is 1.80 bits per heavy atom. The maximum Gasteiger partial charge on any atom is 0.457 e. The van der Waals surface area contributed by atoms with Crippen molar-refractivity contribution in [2.24, 2.45) is 7.05 Å². The van der Waals surface area contributed by atoms with Crippen LogP contribution in [0, 0.1) is 10.1 Å². The molecule has 0 aliphatic rings. The molecule has 0 amide bonds. The molecule has 0 saturated heterocycles. The van der Waals surface area contributed by atoms with E-state index in [0.717, 1.165) is 4.68 Å². The predicted molar refractivity (Wildman–Crippen MR) is 32.1 cm³/mol. The summed E-state index contributed by atoms with van der Waals surface area (Å²) in [7, 11) is 1.40. The van der Waals surface area contributed by atoms with Gasteiger partial charge in [0.2, 0.25) is 0 Å². The Balaban J connectivity index is 3.15. The van der Waals surface area contributed by atoms with Crippen molar-refractivity contribution in [3.05, 3.63) is 10.1 Å². The lowest BCUT2D eigenvalue weighted by Gasteiger charge is -1.88. The van der Waals surface area contributed by atoms with Crippen LogP contribution < -0.4 is 5.73 Å². The van der Waals surface area contributed by atoms with Gasteiger partial charge in [-0.15, -0.1) is 4.68 Å². The summed E-state index contributed by atoms with van der Waals surface area (Å²) < 4.78 is 1.01. The number of aryl methyl sites for hydroxylation is 1. The van der Waals surface area contributed by atoms with Crippen LogP contribution in [-0.2, 0) is 7.05 Å². The average Bonchev–Trinajstić information content (AvgIpc) is 2.10. The van der Waals surface area contributed by atoms with E-state index in [-0.39, 0.29) is 11.9 Å². The van der Waals surface area contributed by atoms with Gasteiger partial charge in [-0.2, -0.15) is 0 Å². The van der Waals surface area contributed by atoms with Crippen molar-refractivity contribution in [3.63, 3.8) is 0 Å². The second-order valence-corrected chi connectivity index (χ2v) is 1.65. The van der Waals surface area contributed by atoms with Crippen LogP contribution in [0.25, 0.3) is 0 Å². The first-order valence-corrected chi connectivity index (χ1v) is 2.42. The number of nitrogens with two attached hydrogens (primary N) is 1. The second-order valence-electron chi connectivity index (χ2n) is 1.65. The molecular weight excluding hydrogens is 138 g/mol. The Hall–Kier alpha value is -1.66. The molecule has 0 bridgehead atoms. The van der Waals surface area contributed by atoms with Gasteiger partial charge >= 0.3 is 11.9 Å². The Labute approximate surface area is 55.6 Å². The summed E-state index contributed by atoms with van der Waals surface area (Å²) in [5.74, 6) is -0.438. The third-order valence-electron chi connectivity index (χ3n) is 0.920. The van der Waals surface area contributed by atoms with Crippen molar-refractivity contribution in [2.75, 3.05) is 5.73 Å². The molecular formula is C3H5N5O2. The largest absolute Gasteiger partial charge is 0.457 e. The number of rotatable bonds is 1. The number of aromatic nitrogens is 3. The minimum absolute atomic E-state index is 0.0887. The van der Waals surface area contributed by atoms with Gasteiger partial charge < -0.3 is 15.8 Å². The van der Waals surface area contributed by atoms with E-state index in [1.165, 1.54) is 7.05 Å². The number of nitro groups is 1. The first kappa shape index (κ1) is 6.46. The van der Waals surface area contributed by atoms with Gasteiger partial charge in [0.15, 0.2) is 0 Å². The molecule has 0 atom stereocenters. The summed E-state index contributed by atoms with van der Waals surface area (Å²) in [6.45, 7) is 0. The fourth-order valence-corrected chi connectivity index (χ4v) is 0.555. The zero-order valence-corrected chi connectivity index (χ0v) is 5.18.